The molecule has 1 heterocycles. The van der Waals surface area contributed by atoms with Gasteiger partial charge in [-0.05, 0) is 42.7 Å². The lowest BCUT2D eigenvalue weighted by molar-refractivity contribution is -0.305. The number of aromatic nitrogens is 1. The molecule has 1 amide bonds. The Hall–Kier alpha value is -3.74. The Bertz CT molecular complexity index is 1030. The third-order valence-corrected chi connectivity index (χ3v) is 4.71. The first-order valence-electron chi connectivity index (χ1n) is 9.47. The van der Waals surface area contributed by atoms with Crippen molar-refractivity contribution in [3.63, 3.8) is 0 Å². The molecule has 3 rings (SSSR count). The molecule has 30 heavy (non-hydrogen) atoms. The molecule has 3 aromatic rings. The predicted molar refractivity (Wildman–Crippen MR) is 111 cm³/mol. The predicted octanol–water partition coefficient (Wildman–Crippen LogP) is 2.49. The summed E-state index contributed by atoms with van der Waals surface area (Å²) in [5.41, 5.74) is 3.00. The smallest absolute Gasteiger partial charge is 0.244 e. The van der Waals surface area contributed by atoms with Crippen LogP contribution >= 0.6 is 0 Å². The van der Waals surface area contributed by atoms with E-state index in [4.69, 9.17) is 9.47 Å². The second-order valence-electron chi connectivity index (χ2n) is 6.65. The van der Waals surface area contributed by atoms with Gasteiger partial charge in [0, 0.05) is 23.4 Å². The lowest BCUT2D eigenvalue weighted by Crippen LogP contribution is -2.24. The highest BCUT2D eigenvalue weighted by Crippen LogP contribution is 2.29. The summed E-state index contributed by atoms with van der Waals surface area (Å²) in [5, 5.41) is 13.8. The number of rotatable bonds is 9. The molecule has 0 atom stereocenters. The van der Waals surface area contributed by atoms with Gasteiger partial charge >= 0.3 is 0 Å². The number of ether oxygens (including phenoxy) is 2. The number of carboxylic acids is 1. The minimum atomic E-state index is -1.13. The molecule has 156 valence electrons. The van der Waals surface area contributed by atoms with Crippen LogP contribution in [-0.2, 0) is 22.6 Å². The van der Waals surface area contributed by atoms with E-state index < -0.39 is 5.97 Å². The zero-order valence-electron chi connectivity index (χ0n) is 16.9. The van der Waals surface area contributed by atoms with E-state index >= 15 is 0 Å². The molecular formula is C23H23N2O5-. The van der Waals surface area contributed by atoms with Gasteiger partial charge in [0.2, 0.25) is 5.91 Å². The van der Waals surface area contributed by atoms with Crippen LogP contribution in [0, 0.1) is 0 Å². The van der Waals surface area contributed by atoms with Gasteiger partial charge in [0.25, 0.3) is 0 Å². The van der Waals surface area contributed by atoms with Crippen molar-refractivity contribution in [1.82, 2.24) is 4.57 Å². The zero-order chi connectivity index (χ0) is 21.5. The number of nitrogens with zero attached hydrogens (tertiary/aromatic N) is 1. The lowest BCUT2D eigenvalue weighted by Gasteiger charge is -2.16. The van der Waals surface area contributed by atoms with Gasteiger partial charge in [-0.3, -0.25) is 4.79 Å². The molecule has 0 unspecified atom stereocenters. The van der Waals surface area contributed by atoms with Crippen molar-refractivity contribution in [2.75, 3.05) is 19.5 Å². The standard InChI is InChI=1S/C23H24N2O5/c1-29-18-10-12-21(30-2)19(14-18)24-22(26)15-25-17(9-13-23(27)28)8-11-20(25)16-6-4-3-5-7-16/h3-8,10-12,14H,9,13,15H2,1-2H3,(H,24,26)(H,27,28)/p-1. The molecule has 0 bridgehead atoms. The van der Waals surface area contributed by atoms with E-state index in [0.29, 0.717) is 17.2 Å². The van der Waals surface area contributed by atoms with Gasteiger partial charge in [-0.2, -0.15) is 0 Å². The zero-order valence-corrected chi connectivity index (χ0v) is 16.9. The molecule has 1 aromatic heterocycles. The van der Waals surface area contributed by atoms with E-state index in [0.717, 1.165) is 17.0 Å². The first-order chi connectivity index (χ1) is 14.5. The number of carbonyl (C=O) groups excluding carboxylic acids is 2. The minimum absolute atomic E-state index is 0.0139. The first kappa shape index (κ1) is 21.0. The maximum atomic E-state index is 12.9. The summed E-state index contributed by atoms with van der Waals surface area (Å²) < 4.78 is 12.4. The number of carboxylic acid groups (broad SMARTS) is 1. The third-order valence-electron chi connectivity index (χ3n) is 4.71. The molecule has 0 aliphatic rings. The number of aryl methyl sites for hydroxylation is 1. The Balaban J connectivity index is 1.88. The van der Waals surface area contributed by atoms with E-state index in [-0.39, 0.29) is 25.3 Å². The minimum Gasteiger partial charge on any atom is -0.550 e. The summed E-state index contributed by atoms with van der Waals surface area (Å²) in [6, 6.07) is 18.5. The molecule has 7 heteroatoms. The van der Waals surface area contributed by atoms with Crippen molar-refractivity contribution in [3.8, 4) is 22.8 Å². The first-order valence-corrected chi connectivity index (χ1v) is 9.47. The third kappa shape index (κ3) is 5.00. The molecule has 0 radical (unpaired) electrons. The Morgan fingerprint density at radius 3 is 2.43 bits per heavy atom. The van der Waals surface area contributed by atoms with E-state index in [2.05, 4.69) is 5.32 Å². The molecule has 0 spiro atoms. The number of benzene rings is 2. The fraction of sp³-hybridized carbons (Fsp3) is 0.217. The van der Waals surface area contributed by atoms with E-state index in [9.17, 15) is 14.7 Å². The van der Waals surface area contributed by atoms with Crippen LogP contribution in [0.15, 0.2) is 60.7 Å². The van der Waals surface area contributed by atoms with Crippen LogP contribution in [0.1, 0.15) is 12.1 Å². The van der Waals surface area contributed by atoms with Crippen molar-refractivity contribution in [2.24, 2.45) is 0 Å². The Labute approximate surface area is 174 Å². The SMILES string of the molecule is COc1ccc(OC)c(NC(=O)Cn2c(CCC(=O)[O-])ccc2-c2ccccc2)c1. The molecule has 0 aliphatic heterocycles. The van der Waals surface area contributed by atoms with Crippen molar-refractivity contribution < 1.29 is 24.2 Å². The van der Waals surface area contributed by atoms with Crippen LogP contribution in [-0.4, -0.2) is 30.7 Å². The van der Waals surface area contributed by atoms with E-state index in [1.54, 1.807) is 25.3 Å². The van der Waals surface area contributed by atoms with Crippen LogP contribution in [0.25, 0.3) is 11.3 Å². The van der Waals surface area contributed by atoms with E-state index in [1.807, 2.05) is 47.0 Å². The number of methoxy groups -OCH3 is 2. The van der Waals surface area contributed by atoms with Gasteiger partial charge in [-0.25, -0.2) is 0 Å². The second-order valence-corrected chi connectivity index (χ2v) is 6.65. The Morgan fingerprint density at radius 2 is 1.77 bits per heavy atom. The van der Waals surface area contributed by atoms with Gasteiger partial charge in [0.1, 0.15) is 18.0 Å². The Kier molecular flexibility index (Phi) is 6.75. The Morgan fingerprint density at radius 1 is 1.00 bits per heavy atom. The van der Waals surface area contributed by atoms with Crippen LogP contribution in [0.3, 0.4) is 0 Å². The van der Waals surface area contributed by atoms with Gasteiger partial charge < -0.3 is 29.3 Å². The maximum Gasteiger partial charge on any atom is 0.244 e. The fourth-order valence-corrected chi connectivity index (χ4v) is 3.25. The van der Waals surface area contributed by atoms with Crippen LogP contribution in [0.2, 0.25) is 0 Å². The van der Waals surface area contributed by atoms with Crippen molar-refractivity contribution >= 4 is 17.6 Å². The van der Waals surface area contributed by atoms with Crippen LogP contribution in [0.5, 0.6) is 11.5 Å². The number of amides is 1. The number of nitrogens with one attached hydrogen (secondary N) is 1. The number of aliphatic carboxylic acids is 1. The monoisotopic (exact) mass is 407 g/mol. The molecular weight excluding hydrogens is 384 g/mol. The normalized spacial score (nSPS) is 10.5. The molecule has 0 fully saturated rings. The van der Waals surface area contributed by atoms with Crippen LogP contribution in [0.4, 0.5) is 5.69 Å². The average Bonchev–Trinajstić information content (AvgIpc) is 3.15. The van der Waals surface area contributed by atoms with Crippen molar-refractivity contribution in [3.05, 3.63) is 66.4 Å². The summed E-state index contributed by atoms with van der Waals surface area (Å²) in [7, 11) is 3.07. The average molecular weight is 407 g/mol. The van der Waals surface area contributed by atoms with Crippen molar-refractivity contribution in [2.45, 2.75) is 19.4 Å². The second kappa shape index (κ2) is 9.65. The summed E-state index contributed by atoms with van der Waals surface area (Å²) in [4.78, 5) is 23.8. The number of hydrogen-bond acceptors (Lipinski definition) is 5. The lowest BCUT2D eigenvalue weighted by atomic mass is 10.1. The highest BCUT2D eigenvalue weighted by atomic mass is 16.5. The van der Waals surface area contributed by atoms with Crippen molar-refractivity contribution in [1.29, 1.82) is 0 Å². The van der Waals surface area contributed by atoms with E-state index in [1.165, 1.54) is 7.11 Å². The number of carbonyl (C=O) groups is 2. The fourth-order valence-electron chi connectivity index (χ4n) is 3.25. The summed E-state index contributed by atoms with van der Waals surface area (Å²) in [6.45, 7) is 0.0139. The van der Waals surface area contributed by atoms with Gasteiger partial charge in [-0.15, -0.1) is 0 Å². The molecule has 2 aromatic carbocycles. The molecule has 0 saturated carbocycles. The largest absolute Gasteiger partial charge is 0.550 e. The highest BCUT2D eigenvalue weighted by molar-refractivity contribution is 5.92. The molecule has 0 aliphatic carbocycles. The van der Waals surface area contributed by atoms with Crippen LogP contribution < -0.4 is 19.9 Å². The summed E-state index contributed by atoms with van der Waals surface area (Å²) >= 11 is 0. The topological polar surface area (TPSA) is 92.6 Å². The number of hydrogen-bond donors (Lipinski definition) is 1. The van der Waals surface area contributed by atoms with Gasteiger partial charge in [0.15, 0.2) is 0 Å². The highest BCUT2D eigenvalue weighted by Gasteiger charge is 2.15. The molecule has 1 N–H and O–H groups in total. The molecule has 0 saturated heterocycles. The summed E-state index contributed by atoms with van der Waals surface area (Å²) in [6.07, 6.45) is 0.147. The summed E-state index contributed by atoms with van der Waals surface area (Å²) in [5.74, 6) is -0.303. The molecule has 7 nitrogen and oxygen atoms in total. The quantitative estimate of drug-likeness (QED) is 0.588. The van der Waals surface area contributed by atoms with Gasteiger partial charge in [0.05, 0.1) is 19.9 Å². The van der Waals surface area contributed by atoms with Gasteiger partial charge in [-0.1, -0.05) is 30.3 Å². The number of anilines is 1. The maximum absolute atomic E-state index is 12.9.